The normalized spacial score (nSPS) is 24.2. The molecule has 0 fully saturated rings. The smallest absolute Gasteiger partial charge is 0.262 e. The van der Waals surface area contributed by atoms with Crippen LogP contribution in [0.15, 0.2) is 36.4 Å². The van der Waals surface area contributed by atoms with Gasteiger partial charge in [0, 0.05) is 6.54 Å². The summed E-state index contributed by atoms with van der Waals surface area (Å²) >= 11 is 0. The molecule has 2 atom stereocenters. The Morgan fingerprint density at radius 2 is 2.25 bits per heavy atom. The lowest BCUT2D eigenvalue weighted by Crippen LogP contribution is -2.46. The number of carbonyl (C=O) groups is 1. The highest BCUT2D eigenvalue weighted by atomic mass is 16.5. The van der Waals surface area contributed by atoms with E-state index in [1.165, 1.54) is 0 Å². The number of carbonyl (C=O) groups excluding carboxylic acids is 1. The van der Waals surface area contributed by atoms with Crippen molar-refractivity contribution in [2.24, 2.45) is 5.92 Å². The van der Waals surface area contributed by atoms with Crippen molar-refractivity contribution in [3.8, 4) is 5.75 Å². The molecule has 0 radical (unpaired) electrons. The molecule has 2 N–H and O–H groups in total. The maximum atomic E-state index is 12.2. The van der Waals surface area contributed by atoms with Crippen LogP contribution in [0.3, 0.4) is 0 Å². The molecule has 0 spiro atoms. The summed E-state index contributed by atoms with van der Waals surface area (Å²) in [4.78, 5) is 12.2. The Labute approximate surface area is 119 Å². The van der Waals surface area contributed by atoms with Crippen molar-refractivity contribution in [1.29, 1.82) is 0 Å². The summed E-state index contributed by atoms with van der Waals surface area (Å²) in [5.74, 6) is 1.29. The third-order valence-corrected chi connectivity index (χ3v) is 3.87. The topological polar surface area (TPSA) is 50.4 Å². The van der Waals surface area contributed by atoms with E-state index in [4.69, 9.17) is 4.74 Å². The zero-order chi connectivity index (χ0) is 13.8. The van der Waals surface area contributed by atoms with Gasteiger partial charge in [-0.3, -0.25) is 4.79 Å². The third-order valence-electron chi connectivity index (χ3n) is 3.87. The van der Waals surface area contributed by atoms with E-state index >= 15 is 0 Å². The highest BCUT2D eigenvalue weighted by Gasteiger charge is 2.25. The summed E-state index contributed by atoms with van der Waals surface area (Å²) in [5.41, 5.74) is 0.953. The molecule has 4 nitrogen and oxygen atoms in total. The Hall–Kier alpha value is -1.97. The molecule has 1 aromatic rings. The zero-order valence-corrected chi connectivity index (χ0v) is 11.5. The van der Waals surface area contributed by atoms with E-state index in [1.807, 2.05) is 24.3 Å². The third kappa shape index (κ3) is 2.95. The van der Waals surface area contributed by atoms with E-state index in [9.17, 15) is 4.79 Å². The fourth-order valence-corrected chi connectivity index (χ4v) is 2.66. The van der Waals surface area contributed by atoms with Crippen molar-refractivity contribution in [2.45, 2.75) is 25.4 Å². The van der Waals surface area contributed by atoms with Crippen molar-refractivity contribution in [3.05, 3.63) is 36.4 Å². The van der Waals surface area contributed by atoms with Gasteiger partial charge < -0.3 is 15.4 Å². The van der Waals surface area contributed by atoms with E-state index in [2.05, 4.69) is 22.8 Å². The molecular weight excluding hydrogens is 252 g/mol. The fraction of sp³-hybridized carbons (Fsp3) is 0.438. The van der Waals surface area contributed by atoms with Crippen LogP contribution >= 0.6 is 0 Å². The quantitative estimate of drug-likeness (QED) is 0.830. The first kappa shape index (κ1) is 13.0. The number of anilines is 1. The molecule has 3 rings (SSSR count). The molecule has 1 aromatic carbocycles. The number of hydrogen-bond acceptors (Lipinski definition) is 3. The first-order valence-electron chi connectivity index (χ1n) is 7.25. The van der Waals surface area contributed by atoms with Gasteiger partial charge in [-0.25, -0.2) is 0 Å². The second-order valence-corrected chi connectivity index (χ2v) is 5.38. The molecule has 1 aliphatic heterocycles. The van der Waals surface area contributed by atoms with Crippen LogP contribution in [0.5, 0.6) is 5.75 Å². The largest absolute Gasteiger partial charge is 0.477 e. The SMILES string of the molecule is O=C(NCC1CC=CCC1)C1CNc2ccccc2O1. The van der Waals surface area contributed by atoms with Crippen molar-refractivity contribution in [1.82, 2.24) is 5.32 Å². The van der Waals surface area contributed by atoms with Crippen LogP contribution in [-0.4, -0.2) is 25.1 Å². The summed E-state index contributed by atoms with van der Waals surface area (Å²) < 4.78 is 5.75. The highest BCUT2D eigenvalue weighted by molar-refractivity contribution is 5.83. The van der Waals surface area contributed by atoms with Crippen molar-refractivity contribution < 1.29 is 9.53 Å². The van der Waals surface area contributed by atoms with Gasteiger partial charge in [0.05, 0.1) is 12.2 Å². The van der Waals surface area contributed by atoms with E-state index in [1.54, 1.807) is 0 Å². The minimum absolute atomic E-state index is 0.0263. The summed E-state index contributed by atoms with van der Waals surface area (Å²) in [7, 11) is 0. The van der Waals surface area contributed by atoms with Gasteiger partial charge in [0.1, 0.15) is 5.75 Å². The minimum Gasteiger partial charge on any atom is -0.477 e. The molecule has 20 heavy (non-hydrogen) atoms. The van der Waals surface area contributed by atoms with Gasteiger partial charge in [0.25, 0.3) is 5.91 Å². The molecule has 0 saturated heterocycles. The number of benzene rings is 1. The minimum atomic E-state index is -0.441. The van der Waals surface area contributed by atoms with Crippen LogP contribution < -0.4 is 15.4 Å². The van der Waals surface area contributed by atoms with E-state index in [0.29, 0.717) is 12.5 Å². The van der Waals surface area contributed by atoms with Crippen molar-refractivity contribution in [2.75, 3.05) is 18.4 Å². The van der Waals surface area contributed by atoms with E-state index < -0.39 is 6.10 Å². The van der Waals surface area contributed by atoms with Crippen molar-refractivity contribution in [3.63, 3.8) is 0 Å². The number of ether oxygens (including phenoxy) is 1. The van der Waals surface area contributed by atoms with Crippen LogP contribution in [0.4, 0.5) is 5.69 Å². The summed E-state index contributed by atoms with van der Waals surface area (Å²) in [6.45, 7) is 1.26. The molecule has 1 aliphatic carbocycles. The lowest BCUT2D eigenvalue weighted by atomic mass is 9.94. The number of amides is 1. The summed E-state index contributed by atoms with van der Waals surface area (Å²) in [5, 5.41) is 6.25. The number of allylic oxidation sites excluding steroid dienone is 2. The number of rotatable bonds is 3. The van der Waals surface area contributed by atoms with Gasteiger partial charge in [-0.2, -0.15) is 0 Å². The average Bonchev–Trinajstić information content (AvgIpc) is 2.53. The average molecular weight is 272 g/mol. The van der Waals surface area contributed by atoms with Crippen LogP contribution in [-0.2, 0) is 4.79 Å². The van der Waals surface area contributed by atoms with Crippen LogP contribution in [0.25, 0.3) is 0 Å². The monoisotopic (exact) mass is 272 g/mol. The summed E-state index contributed by atoms with van der Waals surface area (Å²) in [6.07, 6.45) is 7.31. The van der Waals surface area contributed by atoms with E-state index in [0.717, 1.165) is 37.2 Å². The van der Waals surface area contributed by atoms with Crippen LogP contribution in [0.1, 0.15) is 19.3 Å². The predicted octanol–water partition coefficient (Wildman–Crippen LogP) is 2.33. The Balaban J connectivity index is 1.52. The molecule has 0 bridgehead atoms. The lowest BCUT2D eigenvalue weighted by Gasteiger charge is -2.27. The van der Waals surface area contributed by atoms with Gasteiger partial charge in [0.2, 0.25) is 0 Å². The second kappa shape index (κ2) is 5.99. The Morgan fingerprint density at radius 3 is 3.10 bits per heavy atom. The molecule has 4 heteroatoms. The Morgan fingerprint density at radius 1 is 1.35 bits per heavy atom. The molecule has 2 unspecified atom stereocenters. The summed E-state index contributed by atoms with van der Waals surface area (Å²) in [6, 6.07) is 7.70. The highest BCUT2D eigenvalue weighted by Crippen LogP contribution is 2.28. The number of hydrogen-bond donors (Lipinski definition) is 2. The maximum absolute atomic E-state index is 12.2. The first-order valence-corrected chi connectivity index (χ1v) is 7.25. The maximum Gasteiger partial charge on any atom is 0.262 e. The van der Waals surface area contributed by atoms with Crippen LogP contribution in [0, 0.1) is 5.92 Å². The Kier molecular flexibility index (Phi) is 3.90. The second-order valence-electron chi connectivity index (χ2n) is 5.38. The molecule has 0 saturated carbocycles. The molecular formula is C16H20N2O2. The van der Waals surface area contributed by atoms with Gasteiger partial charge in [-0.1, -0.05) is 24.3 Å². The number of para-hydroxylation sites is 2. The van der Waals surface area contributed by atoms with Gasteiger partial charge in [-0.15, -0.1) is 0 Å². The molecule has 0 aromatic heterocycles. The predicted molar refractivity (Wildman–Crippen MR) is 78.8 cm³/mol. The first-order chi connectivity index (χ1) is 9.83. The number of nitrogens with one attached hydrogen (secondary N) is 2. The number of fused-ring (bicyclic) bond motifs is 1. The fourth-order valence-electron chi connectivity index (χ4n) is 2.66. The van der Waals surface area contributed by atoms with Crippen molar-refractivity contribution >= 4 is 11.6 Å². The zero-order valence-electron chi connectivity index (χ0n) is 11.5. The Bertz CT molecular complexity index is 513. The molecule has 1 amide bonds. The molecule has 106 valence electrons. The molecule has 2 aliphatic rings. The standard InChI is InChI=1S/C16H20N2O2/c19-16(18-10-12-6-2-1-3-7-12)15-11-17-13-8-4-5-9-14(13)20-15/h1-2,4-5,8-9,12,15,17H,3,6-7,10-11H2,(H,18,19). The van der Waals surface area contributed by atoms with Gasteiger partial charge >= 0.3 is 0 Å². The van der Waals surface area contributed by atoms with E-state index in [-0.39, 0.29) is 5.91 Å². The van der Waals surface area contributed by atoms with Gasteiger partial charge in [-0.05, 0) is 37.3 Å². The lowest BCUT2D eigenvalue weighted by molar-refractivity contribution is -0.127. The van der Waals surface area contributed by atoms with Gasteiger partial charge in [0.15, 0.2) is 6.10 Å². The molecule has 1 heterocycles. The van der Waals surface area contributed by atoms with Crippen LogP contribution in [0.2, 0.25) is 0 Å².